The average molecular weight is 205 g/mol. The van der Waals surface area contributed by atoms with E-state index >= 15 is 0 Å². The molecule has 12 heavy (non-hydrogen) atoms. The zero-order chi connectivity index (χ0) is 9.14. The van der Waals surface area contributed by atoms with E-state index < -0.39 is 0 Å². The van der Waals surface area contributed by atoms with Crippen LogP contribution in [0.25, 0.3) is 0 Å². The molecule has 70 valence electrons. The standard InChI is InChI=1S/C8H15NOS2/c1-6-7(2)12-4-3-9(6)8(10)5-11/h6-7,11H,3-5H2,1-2H3. The number of hydrogen-bond acceptors (Lipinski definition) is 3. The summed E-state index contributed by atoms with van der Waals surface area (Å²) in [5, 5.41) is 0.558. The number of carbonyl (C=O) groups excluding carboxylic acids is 1. The zero-order valence-electron chi connectivity index (χ0n) is 7.49. The second-order valence-corrected chi connectivity index (χ2v) is 4.86. The van der Waals surface area contributed by atoms with Crippen molar-refractivity contribution >= 4 is 30.3 Å². The SMILES string of the molecule is CC1SCCN(C(=O)CS)C1C. The van der Waals surface area contributed by atoms with Gasteiger partial charge in [0, 0.05) is 23.6 Å². The Morgan fingerprint density at radius 2 is 2.33 bits per heavy atom. The molecule has 1 heterocycles. The van der Waals surface area contributed by atoms with Gasteiger partial charge in [-0.2, -0.15) is 24.4 Å². The van der Waals surface area contributed by atoms with Crippen LogP contribution in [0.3, 0.4) is 0 Å². The van der Waals surface area contributed by atoms with Gasteiger partial charge in [0.15, 0.2) is 0 Å². The van der Waals surface area contributed by atoms with Gasteiger partial charge in [0.25, 0.3) is 0 Å². The minimum atomic E-state index is 0.165. The highest BCUT2D eigenvalue weighted by atomic mass is 32.2. The van der Waals surface area contributed by atoms with Crippen LogP contribution in [0.4, 0.5) is 0 Å². The van der Waals surface area contributed by atoms with Gasteiger partial charge in [-0.25, -0.2) is 0 Å². The van der Waals surface area contributed by atoms with E-state index in [2.05, 4.69) is 26.5 Å². The molecule has 0 aliphatic carbocycles. The molecule has 1 fully saturated rings. The van der Waals surface area contributed by atoms with Gasteiger partial charge in [-0.15, -0.1) is 0 Å². The lowest BCUT2D eigenvalue weighted by molar-refractivity contribution is -0.130. The van der Waals surface area contributed by atoms with Crippen LogP contribution in [0.1, 0.15) is 13.8 Å². The number of nitrogens with zero attached hydrogens (tertiary/aromatic N) is 1. The van der Waals surface area contributed by atoms with E-state index in [9.17, 15) is 4.79 Å². The van der Waals surface area contributed by atoms with Crippen molar-refractivity contribution in [3.05, 3.63) is 0 Å². The summed E-state index contributed by atoms with van der Waals surface area (Å²) in [6.45, 7) is 5.17. The monoisotopic (exact) mass is 205 g/mol. The first-order valence-corrected chi connectivity index (χ1v) is 5.87. The molecule has 0 aromatic carbocycles. The molecule has 1 amide bonds. The summed E-state index contributed by atoms with van der Waals surface area (Å²) in [5.41, 5.74) is 0. The van der Waals surface area contributed by atoms with Crippen LogP contribution in [-0.2, 0) is 4.79 Å². The normalized spacial score (nSPS) is 30.4. The maximum Gasteiger partial charge on any atom is 0.232 e. The summed E-state index contributed by atoms with van der Waals surface area (Å²) in [6, 6.07) is 0.364. The average Bonchev–Trinajstić information content (AvgIpc) is 2.08. The molecule has 2 atom stereocenters. The molecule has 0 N–H and O–H groups in total. The Labute approximate surface area is 83.5 Å². The molecule has 0 bridgehead atoms. The second-order valence-electron chi connectivity index (χ2n) is 3.06. The molecular weight excluding hydrogens is 190 g/mol. The summed E-state index contributed by atoms with van der Waals surface area (Å²) in [4.78, 5) is 13.3. The Kier molecular flexibility index (Phi) is 3.77. The summed E-state index contributed by atoms with van der Waals surface area (Å²) in [5.74, 6) is 1.56. The minimum absolute atomic E-state index is 0.165. The van der Waals surface area contributed by atoms with E-state index in [-0.39, 0.29) is 5.91 Å². The topological polar surface area (TPSA) is 20.3 Å². The number of thioether (sulfide) groups is 1. The van der Waals surface area contributed by atoms with E-state index in [4.69, 9.17) is 0 Å². The van der Waals surface area contributed by atoms with Gasteiger partial charge in [-0.3, -0.25) is 4.79 Å². The molecule has 2 unspecified atom stereocenters. The zero-order valence-corrected chi connectivity index (χ0v) is 9.20. The molecule has 1 aliphatic heterocycles. The summed E-state index contributed by atoms with van der Waals surface area (Å²) >= 11 is 5.94. The summed E-state index contributed by atoms with van der Waals surface area (Å²) < 4.78 is 0. The lowest BCUT2D eigenvalue weighted by Crippen LogP contribution is -2.48. The molecule has 1 saturated heterocycles. The van der Waals surface area contributed by atoms with Crippen LogP contribution in [0.2, 0.25) is 0 Å². The molecule has 0 aromatic rings. The first-order chi connectivity index (χ1) is 5.66. The highest BCUT2D eigenvalue weighted by Crippen LogP contribution is 2.24. The highest BCUT2D eigenvalue weighted by molar-refractivity contribution is 8.00. The molecule has 1 aliphatic rings. The minimum Gasteiger partial charge on any atom is -0.337 e. The molecular formula is C8H15NOS2. The lowest BCUT2D eigenvalue weighted by Gasteiger charge is -2.37. The fraction of sp³-hybridized carbons (Fsp3) is 0.875. The molecule has 0 saturated carbocycles. The third-order valence-electron chi connectivity index (χ3n) is 2.34. The Hall–Kier alpha value is 0.170. The molecule has 0 spiro atoms. The molecule has 4 heteroatoms. The van der Waals surface area contributed by atoms with Crippen LogP contribution >= 0.6 is 24.4 Å². The second kappa shape index (κ2) is 4.42. The Balaban J connectivity index is 2.57. The maximum absolute atomic E-state index is 11.4. The largest absolute Gasteiger partial charge is 0.337 e. The Morgan fingerprint density at radius 1 is 1.67 bits per heavy atom. The fourth-order valence-electron chi connectivity index (χ4n) is 1.38. The van der Waals surface area contributed by atoms with Crippen molar-refractivity contribution < 1.29 is 4.79 Å². The number of rotatable bonds is 1. The third-order valence-corrected chi connectivity index (χ3v) is 3.95. The first kappa shape index (κ1) is 10.3. The van der Waals surface area contributed by atoms with Gasteiger partial charge in [-0.05, 0) is 6.92 Å². The van der Waals surface area contributed by atoms with Gasteiger partial charge in [-0.1, -0.05) is 6.92 Å². The van der Waals surface area contributed by atoms with E-state index in [1.807, 2.05) is 16.7 Å². The van der Waals surface area contributed by atoms with Crippen molar-refractivity contribution in [2.75, 3.05) is 18.1 Å². The van der Waals surface area contributed by atoms with Crippen molar-refractivity contribution in [1.29, 1.82) is 0 Å². The van der Waals surface area contributed by atoms with Crippen LogP contribution in [0.15, 0.2) is 0 Å². The van der Waals surface area contributed by atoms with Gasteiger partial charge in [0.2, 0.25) is 5.91 Å². The molecule has 2 nitrogen and oxygen atoms in total. The van der Waals surface area contributed by atoms with E-state index in [1.165, 1.54) is 0 Å². The first-order valence-electron chi connectivity index (χ1n) is 4.18. The molecule has 0 aromatic heterocycles. The van der Waals surface area contributed by atoms with Gasteiger partial charge >= 0.3 is 0 Å². The van der Waals surface area contributed by atoms with E-state index in [1.54, 1.807) is 0 Å². The van der Waals surface area contributed by atoms with Crippen molar-refractivity contribution in [3.8, 4) is 0 Å². The predicted molar refractivity (Wildman–Crippen MR) is 56.9 cm³/mol. The summed E-state index contributed by atoms with van der Waals surface area (Å²) in [7, 11) is 0. The number of carbonyl (C=O) groups is 1. The molecule has 1 rings (SSSR count). The fourth-order valence-corrected chi connectivity index (χ4v) is 2.66. The van der Waals surface area contributed by atoms with Crippen molar-refractivity contribution in [3.63, 3.8) is 0 Å². The van der Waals surface area contributed by atoms with Crippen LogP contribution in [0.5, 0.6) is 0 Å². The maximum atomic E-state index is 11.4. The van der Waals surface area contributed by atoms with Crippen molar-refractivity contribution in [2.45, 2.75) is 25.1 Å². The number of amides is 1. The van der Waals surface area contributed by atoms with Gasteiger partial charge in [0.05, 0.1) is 5.75 Å². The van der Waals surface area contributed by atoms with Gasteiger partial charge < -0.3 is 4.90 Å². The Morgan fingerprint density at radius 3 is 2.92 bits per heavy atom. The van der Waals surface area contributed by atoms with E-state index in [0.29, 0.717) is 17.0 Å². The Bertz CT molecular complexity index is 174. The summed E-state index contributed by atoms with van der Waals surface area (Å²) in [6.07, 6.45) is 0. The lowest BCUT2D eigenvalue weighted by atomic mass is 10.2. The quantitative estimate of drug-likeness (QED) is 0.651. The van der Waals surface area contributed by atoms with Crippen molar-refractivity contribution in [1.82, 2.24) is 4.90 Å². The number of hydrogen-bond donors (Lipinski definition) is 1. The van der Waals surface area contributed by atoms with Crippen LogP contribution in [0, 0.1) is 0 Å². The third kappa shape index (κ3) is 2.10. The number of thiol groups is 1. The van der Waals surface area contributed by atoms with E-state index in [0.717, 1.165) is 12.3 Å². The van der Waals surface area contributed by atoms with Gasteiger partial charge in [0.1, 0.15) is 0 Å². The van der Waals surface area contributed by atoms with Crippen molar-refractivity contribution in [2.24, 2.45) is 0 Å². The predicted octanol–water partition coefficient (Wildman–Crippen LogP) is 1.27. The smallest absolute Gasteiger partial charge is 0.232 e. The highest BCUT2D eigenvalue weighted by Gasteiger charge is 2.27. The molecule has 0 radical (unpaired) electrons. The van der Waals surface area contributed by atoms with Crippen LogP contribution in [-0.4, -0.2) is 40.1 Å². The van der Waals surface area contributed by atoms with Crippen LogP contribution < -0.4 is 0 Å².